The summed E-state index contributed by atoms with van der Waals surface area (Å²) in [5.41, 5.74) is 0. The van der Waals surface area contributed by atoms with Crippen molar-refractivity contribution in [2.45, 2.75) is 33.1 Å². The summed E-state index contributed by atoms with van der Waals surface area (Å²) in [6.07, 6.45) is 4.08. The van der Waals surface area contributed by atoms with Crippen molar-refractivity contribution in [1.82, 2.24) is 0 Å². The van der Waals surface area contributed by atoms with Gasteiger partial charge in [-0.2, -0.15) is 0 Å². The van der Waals surface area contributed by atoms with Gasteiger partial charge in [-0.3, -0.25) is 0 Å². The molecule has 0 unspecified atom stereocenters. The molecule has 0 fully saturated rings. The molecule has 0 aliphatic carbocycles. The molecule has 40 valence electrons. The van der Waals surface area contributed by atoms with E-state index in [2.05, 4.69) is 13.8 Å². The Bertz CT molecular complexity index is 11.4. The summed E-state index contributed by atoms with van der Waals surface area (Å²) in [7, 11) is 0. The molecule has 0 atom stereocenters. The summed E-state index contributed by atoms with van der Waals surface area (Å²) in [6, 6.07) is 0. The molecule has 0 nitrogen and oxygen atoms in total. The zero-order chi connectivity index (χ0) is 4.12. The minimum atomic E-state index is 0. The maximum atomic E-state index is 2.21. The second kappa shape index (κ2) is 9.25. The predicted molar refractivity (Wildman–Crippen MR) is 33.7 cm³/mol. The molecule has 0 aromatic carbocycles. The number of hydrogen-bond donors (Lipinski definition) is 0. The van der Waals surface area contributed by atoms with Gasteiger partial charge in [0, 0.05) is 0 Å². The van der Waals surface area contributed by atoms with E-state index < -0.39 is 0 Å². The maximum absolute atomic E-state index is 2.21. The van der Waals surface area contributed by atoms with E-state index in [-0.39, 0.29) is 23.7 Å². The van der Waals surface area contributed by atoms with Gasteiger partial charge in [-0.25, -0.2) is 0 Å². The second-order valence-electron chi connectivity index (χ2n) is 1.35. The summed E-state index contributed by atoms with van der Waals surface area (Å²) in [5.74, 6) is 0. The summed E-state index contributed by atoms with van der Waals surface area (Å²) >= 11 is 0. The van der Waals surface area contributed by atoms with Gasteiger partial charge in [0.2, 0.25) is 0 Å². The summed E-state index contributed by atoms with van der Waals surface area (Å²) in [5, 5.41) is 0. The molecule has 0 aliphatic heterocycles. The van der Waals surface area contributed by atoms with Gasteiger partial charge >= 0.3 is 23.7 Å². The number of rotatable bonds is 2. The Hall–Kier alpha value is 0.790. The molecule has 0 spiro atoms. The van der Waals surface area contributed by atoms with E-state index in [0.29, 0.717) is 0 Å². The predicted octanol–water partition coefficient (Wildman–Crippen LogP) is 1.28. The van der Waals surface area contributed by atoms with Crippen molar-refractivity contribution >= 4 is 23.7 Å². The van der Waals surface area contributed by atoms with Gasteiger partial charge in [0.05, 0.1) is 0 Å². The first-order valence-electron chi connectivity index (χ1n) is 2.41. The molecule has 6 heavy (non-hydrogen) atoms. The fraction of sp³-hybridized carbons (Fsp3) is 1.00. The van der Waals surface area contributed by atoms with Crippen LogP contribution in [-0.4, -0.2) is 23.7 Å². The molecule has 0 N–H and O–H groups in total. The molecular weight excluding hydrogens is 188 g/mol. The Kier molecular flexibility index (Phi) is 15.3. The Labute approximate surface area is 57.0 Å². The second-order valence-corrected chi connectivity index (χ2v) is 1.35. The van der Waals surface area contributed by atoms with Crippen molar-refractivity contribution in [3.63, 3.8) is 0 Å². The third kappa shape index (κ3) is 8.84. The van der Waals surface area contributed by atoms with Crippen LogP contribution in [0.25, 0.3) is 0 Å². The molecule has 0 aromatic rings. The quantitative estimate of drug-likeness (QED) is 0.591. The van der Waals surface area contributed by atoms with Crippen LogP contribution in [0.4, 0.5) is 0 Å². The van der Waals surface area contributed by atoms with E-state index in [0.717, 1.165) is 0 Å². The first-order chi connectivity index (χ1) is 2.41. The van der Waals surface area contributed by atoms with Crippen LogP contribution in [0.3, 0.4) is 0 Å². The third-order valence-corrected chi connectivity index (χ3v) is 0.707. The monoisotopic (exact) mass is 204 g/mol. The molecule has 0 heterocycles. The fourth-order valence-corrected chi connectivity index (χ4v) is 0.354. The van der Waals surface area contributed by atoms with Gasteiger partial charge in [0.15, 0.2) is 0 Å². The molecule has 0 aromatic heterocycles. The third-order valence-electron chi connectivity index (χ3n) is 0.707. The average Bonchev–Trinajstić information content (AvgIpc) is 1.41. The minimum absolute atomic E-state index is 0. The Balaban J connectivity index is 0. The van der Waals surface area contributed by atoms with Crippen molar-refractivity contribution in [2.24, 2.45) is 0 Å². The number of unbranched alkanes of at least 4 members (excludes halogenated alkanes) is 2. The summed E-state index contributed by atoms with van der Waals surface area (Å²) in [4.78, 5) is 0. The standard InChI is InChI=1S/C5H12.H2Te/c1-3-5-4-2;/h3-5H2,1-2H3;1H2. The van der Waals surface area contributed by atoms with Crippen molar-refractivity contribution in [3.05, 3.63) is 0 Å². The molecule has 0 radical (unpaired) electrons. The van der Waals surface area contributed by atoms with Gasteiger partial charge < -0.3 is 0 Å². The average molecular weight is 202 g/mol. The number of hydrogen-bond acceptors (Lipinski definition) is 0. The van der Waals surface area contributed by atoms with Crippen molar-refractivity contribution in [2.75, 3.05) is 0 Å². The van der Waals surface area contributed by atoms with Gasteiger partial charge in [-0.15, -0.1) is 0 Å². The Morgan fingerprint density at radius 3 is 1.33 bits per heavy atom. The molecule has 0 rings (SSSR count). The van der Waals surface area contributed by atoms with Crippen LogP contribution < -0.4 is 0 Å². The van der Waals surface area contributed by atoms with Crippen molar-refractivity contribution in [3.8, 4) is 0 Å². The first kappa shape index (κ1) is 9.92. The van der Waals surface area contributed by atoms with Gasteiger partial charge in [-0.05, 0) is 0 Å². The van der Waals surface area contributed by atoms with E-state index in [1.165, 1.54) is 19.3 Å². The van der Waals surface area contributed by atoms with Crippen molar-refractivity contribution < 1.29 is 0 Å². The van der Waals surface area contributed by atoms with Crippen molar-refractivity contribution in [1.29, 1.82) is 0 Å². The van der Waals surface area contributed by atoms with Crippen LogP contribution >= 0.6 is 0 Å². The van der Waals surface area contributed by atoms with Crippen LogP contribution in [-0.2, 0) is 0 Å². The molecule has 0 saturated heterocycles. The SMILES string of the molecule is CCCCC.[TeH2]. The molecule has 0 bridgehead atoms. The fourth-order valence-electron chi connectivity index (χ4n) is 0.354. The summed E-state index contributed by atoms with van der Waals surface area (Å²) < 4.78 is 0. The molecular formula is C5H14Te. The summed E-state index contributed by atoms with van der Waals surface area (Å²) in [6.45, 7) is 4.42. The first-order valence-corrected chi connectivity index (χ1v) is 2.41. The normalized spacial score (nSPS) is 7.00. The zero-order valence-corrected chi connectivity index (χ0v) is 7.48. The molecule has 1 heteroatoms. The van der Waals surface area contributed by atoms with E-state index >= 15 is 0 Å². The van der Waals surface area contributed by atoms with Crippen LogP contribution in [0.5, 0.6) is 0 Å². The van der Waals surface area contributed by atoms with Crippen LogP contribution in [0.2, 0.25) is 0 Å². The molecule has 0 aliphatic rings. The van der Waals surface area contributed by atoms with Gasteiger partial charge in [-0.1, -0.05) is 33.1 Å². The van der Waals surface area contributed by atoms with E-state index in [4.69, 9.17) is 0 Å². The van der Waals surface area contributed by atoms with E-state index in [1.54, 1.807) is 0 Å². The zero-order valence-electron chi connectivity index (χ0n) is 4.62. The topological polar surface area (TPSA) is 0 Å². The van der Waals surface area contributed by atoms with Gasteiger partial charge in [0.25, 0.3) is 0 Å². The van der Waals surface area contributed by atoms with E-state index in [1.807, 2.05) is 0 Å². The molecule has 0 saturated carbocycles. The van der Waals surface area contributed by atoms with Crippen LogP contribution in [0, 0.1) is 0 Å². The van der Waals surface area contributed by atoms with E-state index in [9.17, 15) is 0 Å². The Morgan fingerprint density at radius 1 is 1.00 bits per heavy atom. The molecule has 0 amide bonds. The van der Waals surface area contributed by atoms with Crippen LogP contribution in [0.1, 0.15) is 33.1 Å². The van der Waals surface area contributed by atoms with Crippen LogP contribution in [0.15, 0.2) is 0 Å². The Morgan fingerprint density at radius 2 is 1.33 bits per heavy atom. The van der Waals surface area contributed by atoms with Gasteiger partial charge in [0.1, 0.15) is 0 Å².